The van der Waals surface area contributed by atoms with Gasteiger partial charge >= 0.3 is 11.6 Å². The van der Waals surface area contributed by atoms with Crippen LogP contribution in [-0.2, 0) is 16.0 Å². The Balaban J connectivity index is 2.34. The van der Waals surface area contributed by atoms with Crippen LogP contribution in [0.25, 0.3) is 11.0 Å². The van der Waals surface area contributed by atoms with Gasteiger partial charge in [-0.25, -0.2) is 4.79 Å². The van der Waals surface area contributed by atoms with E-state index in [2.05, 4.69) is 6.92 Å². The second-order valence-electron chi connectivity index (χ2n) is 6.07. The van der Waals surface area contributed by atoms with Gasteiger partial charge in [0, 0.05) is 22.9 Å². The molecule has 25 heavy (non-hydrogen) atoms. The van der Waals surface area contributed by atoms with Crippen LogP contribution in [0.5, 0.6) is 5.75 Å². The minimum absolute atomic E-state index is 0.169. The van der Waals surface area contributed by atoms with Gasteiger partial charge in [0.05, 0.1) is 13.2 Å². The number of carbonyl (C=O) groups is 1. The molecule has 1 aromatic carbocycles. The van der Waals surface area contributed by atoms with E-state index in [0.29, 0.717) is 30.8 Å². The van der Waals surface area contributed by atoms with Crippen LogP contribution in [0.2, 0.25) is 0 Å². The van der Waals surface area contributed by atoms with Crippen molar-refractivity contribution in [2.45, 2.75) is 53.4 Å². The van der Waals surface area contributed by atoms with Gasteiger partial charge in [0.1, 0.15) is 11.3 Å². The van der Waals surface area contributed by atoms with Gasteiger partial charge in [-0.05, 0) is 51.3 Å². The number of carbonyl (C=O) groups excluding carboxylic acids is 1. The van der Waals surface area contributed by atoms with Crippen LogP contribution in [0.3, 0.4) is 0 Å². The van der Waals surface area contributed by atoms with Crippen LogP contribution >= 0.6 is 0 Å². The monoisotopic (exact) mass is 346 g/mol. The Kier molecular flexibility index (Phi) is 6.62. The predicted octanol–water partition coefficient (Wildman–Crippen LogP) is 4.08. The van der Waals surface area contributed by atoms with Gasteiger partial charge in [-0.2, -0.15) is 0 Å². The Labute approximate surface area is 147 Å². The molecular weight excluding hydrogens is 320 g/mol. The molecule has 0 N–H and O–H groups in total. The first kappa shape index (κ1) is 19.0. The Bertz CT molecular complexity index is 804. The van der Waals surface area contributed by atoms with E-state index >= 15 is 0 Å². The topological polar surface area (TPSA) is 65.7 Å². The van der Waals surface area contributed by atoms with Crippen molar-refractivity contribution < 1.29 is 18.7 Å². The maximum absolute atomic E-state index is 12.4. The smallest absolute Gasteiger partial charge is 0.339 e. The third-order valence-electron chi connectivity index (χ3n) is 4.29. The largest absolute Gasteiger partial charge is 0.493 e. The van der Waals surface area contributed by atoms with E-state index in [0.717, 1.165) is 35.1 Å². The molecule has 0 aliphatic carbocycles. The minimum Gasteiger partial charge on any atom is -0.493 e. The highest BCUT2D eigenvalue weighted by Gasteiger charge is 2.16. The molecule has 1 heterocycles. The van der Waals surface area contributed by atoms with E-state index in [9.17, 15) is 9.59 Å². The summed E-state index contributed by atoms with van der Waals surface area (Å²) in [4.78, 5) is 23.9. The summed E-state index contributed by atoms with van der Waals surface area (Å²) in [6.07, 6.45) is 2.52. The molecule has 5 heteroatoms. The van der Waals surface area contributed by atoms with Crippen LogP contribution in [0.15, 0.2) is 21.3 Å². The summed E-state index contributed by atoms with van der Waals surface area (Å²) >= 11 is 0. The molecule has 0 aliphatic rings. The number of fused-ring (bicyclic) bond motifs is 1. The molecule has 0 atom stereocenters. The molecule has 2 rings (SSSR count). The normalized spacial score (nSPS) is 10.9. The van der Waals surface area contributed by atoms with Crippen LogP contribution in [-0.4, -0.2) is 19.2 Å². The highest BCUT2D eigenvalue weighted by molar-refractivity contribution is 5.85. The maximum atomic E-state index is 12.4. The van der Waals surface area contributed by atoms with Crippen LogP contribution < -0.4 is 10.4 Å². The number of ether oxygens (including phenoxy) is 2. The van der Waals surface area contributed by atoms with Crippen molar-refractivity contribution in [3.05, 3.63) is 39.2 Å². The number of rotatable bonds is 8. The first-order valence-electron chi connectivity index (χ1n) is 8.83. The quantitative estimate of drug-likeness (QED) is 0.409. The summed E-state index contributed by atoms with van der Waals surface area (Å²) in [6, 6.07) is 3.82. The molecule has 1 aromatic heterocycles. The van der Waals surface area contributed by atoms with Crippen molar-refractivity contribution in [3.63, 3.8) is 0 Å². The Morgan fingerprint density at radius 2 is 1.92 bits per heavy atom. The summed E-state index contributed by atoms with van der Waals surface area (Å²) in [6.45, 7) is 8.63. The van der Waals surface area contributed by atoms with Crippen molar-refractivity contribution in [1.82, 2.24) is 0 Å². The second-order valence-corrected chi connectivity index (χ2v) is 6.07. The van der Waals surface area contributed by atoms with E-state index in [1.165, 1.54) is 0 Å². The van der Waals surface area contributed by atoms with Gasteiger partial charge in [0.2, 0.25) is 0 Å². The molecule has 0 saturated heterocycles. The Morgan fingerprint density at radius 3 is 2.60 bits per heavy atom. The van der Waals surface area contributed by atoms with E-state index in [1.807, 2.05) is 26.0 Å². The molecule has 0 unspecified atom stereocenters. The van der Waals surface area contributed by atoms with Gasteiger partial charge < -0.3 is 13.9 Å². The molecule has 0 saturated carbocycles. The van der Waals surface area contributed by atoms with E-state index < -0.39 is 5.63 Å². The molecule has 0 radical (unpaired) electrons. The van der Waals surface area contributed by atoms with Gasteiger partial charge in [0.15, 0.2) is 0 Å². The van der Waals surface area contributed by atoms with Crippen LogP contribution in [0.4, 0.5) is 0 Å². The number of unbranched alkanes of at least 4 members (excludes halogenated alkanes) is 1. The number of benzene rings is 1. The molecule has 2 aromatic rings. The first-order chi connectivity index (χ1) is 12.0. The standard InChI is InChI=1S/C20H26O5/c1-5-7-12-24-17-10-8-15-13(3)16(9-11-18(21)23-6-2)20(22)25-19(15)14(17)4/h8,10H,5-7,9,11-12H2,1-4H3. The molecule has 0 bridgehead atoms. The van der Waals surface area contributed by atoms with E-state index in [1.54, 1.807) is 6.92 Å². The summed E-state index contributed by atoms with van der Waals surface area (Å²) in [5.74, 6) is 0.431. The minimum atomic E-state index is -0.400. The average molecular weight is 346 g/mol. The number of esters is 1. The zero-order chi connectivity index (χ0) is 18.4. The summed E-state index contributed by atoms with van der Waals surface area (Å²) in [5.41, 5.74) is 2.35. The fourth-order valence-corrected chi connectivity index (χ4v) is 2.80. The average Bonchev–Trinajstić information content (AvgIpc) is 2.57. The van der Waals surface area contributed by atoms with Gasteiger partial charge in [-0.1, -0.05) is 13.3 Å². The molecule has 0 aliphatic heterocycles. The molecule has 0 amide bonds. The molecular formula is C20H26O5. The lowest BCUT2D eigenvalue weighted by molar-refractivity contribution is -0.143. The summed E-state index contributed by atoms with van der Waals surface area (Å²) in [7, 11) is 0. The summed E-state index contributed by atoms with van der Waals surface area (Å²) < 4.78 is 16.3. The lowest BCUT2D eigenvalue weighted by Gasteiger charge is -2.13. The highest BCUT2D eigenvalue weighted by atomic mass is 16.5. The fourth-order valence-electron chi connectivity index (χ4n) is 2.80. The highest BCUT2D eigenvalue weighted by Crippen LogP contribution is 2.29. The third kappa shape index (κ3) is 4.41. The predicted molar refractivity (Wildman–Crippen MR) is 97.3 cm³/mol. The van der Waals surface area contributed by atoms with Crippen molar-refractivity contribution in [2.24, 2.45) is 0 Å². The zero-order valence-electron chi connectivity index (χ0n) is 15.4. The second kappa shape index (κ2) is 8.70. The molecule has 0 fully saturated rings. The zero-order valence-corrected chi connectivity index (χ0v) is 15.4. The lowest BCUT2D eigenvalue weighted by Crippen LogP contribution is -2.14. The van der Waals surface area contributed by atoms with Crippen molar-refractivity contribution in [1.29, 1.82) is 0 Å². The summed E-state index contributed by atoms with van der Waals surface area (Å²) in [5, 5.41) is 0.874. The molecule has 136 valence electrons. The van der Waals surface area contributed by atoms with Crippen molar-refractivity contribution in [3.8, 4) is 5.75 Å². The first-order valence-corrected chi connectivity index (χ1v) is 8.83. The third-order valence-corrected chi connectivity index (χ3v) is 4.29. The SMILES string of the molecule is CCCCOc1ccc2c(C)c(CCC(=O)OCC)c(=O)oc2c1C. The molecule has 5 nitrogen and oxygen atoms in total. The van der Waals surface area contributed by atoms with Crippen LogP contribution in [0.1, 0.15) is 49.8 Å². The number of hydrogen-bond acceptors (Lipinski definition) is 5. The van der Waals surface area contributed by atoms with Crippen LogP contribution in [0, 0.1) is 13.8 Å². The number of hydrogen-bond donors (Lipinski definition) is 0. The van der Waals surface area contributed by atoms with Gasteiger partial charge in [-0.15, -0.1) is 0 Å². The fraction of sp³-hybridized carbons (Fsp3) is 0.500. The van der Waals surface area contributed by atoms with Crippen molar-refractivity contribution in [2.75, 3.05) is 13.2 Å². The van der Waals surface area contributed by atoms with E-state index in [-0.39, 0.29) is 12.4 Å². The van der Waals surface area contributed by atoms with Gasteiger partial charge in [-0.3, -0.25) is 4.79 Å². The molecule has 0 spiro atoms. The van der Waals surface area contributed by atoms with Gasteiger partial charge in [0.25, 0.3) is 0 Å². The maximum Gasteiger partial charge on any atom is 0.339 e. The lowest BCUT2D eigenvalue weighted by atomic mass is 10.0. The van der Waals surface area contributed by atoms with Crippen molar-refractivity contribution >= 4 is 16.9 Å². The Morgan fingerprint density at radius 1 is 1.16 bits per heavy atom. The van der Waals surface area contributed by atoms with E-state index in [4.69, 9.17) is 13.9 Å². The number of aryl methyl sites for hydroxylation is 2. The Hall–Kier alpha value is -2.30.